The predicted octanol–water partition coefficient (Wildman–Crippen LogP) is 1.32. The summed E-state index contributed by atoms with van der Waals surface area (Å²) in [5.41, 5.74) is 0. The number of hydrogen-bond acceptors (Lipinski definition) is 2. The highest BCUT2D eigenvalue weighted by atomic mass is 19.3. The molecule has 1 atom stereocenters. The Bertz CT molecular complexity index is 132. The summed E-state index contributed by atoms with van der Waals surface area (Å²) >= 11 is 0. The molecule has 1 saturated heterocycles. The maximum absolute atomic E-state index is 13.1. The summed E-state index contributed by atoms with van der Waals surface area (Å²) in [4.78, 5) is 0.906. The highest BCUT2D eigenvalue weighted by molar-refractivity contribution is 4.78. The van der Waals surface area contributed by atoms with Gasteiger partial charge in [0.15, 0.2) is 0 Å². The van der Waals surface area contributed by atoms with Gasteiger partial charge in [-0.2, -0.15) is 8.78 Å². The van der Waals surface area contributed by atoms with Crippen LogP contribution in [0.15, 0.2) is 0 Å². The maximum Gasteiger partial charge on any atom is 0.330 e. The Morgan fingerprint density at radius 2 is 2.09 bits per heavy atom. The Kier molecular flexibility index (Phi) is 2.44. The second-order valence-electron chi connectivity index (χ2n) is 2.98. The number of hydrogen-bond donors (Lipinski definition) is 0. The monoisotopic (exact) mass is 165 g/mol. The fourth-order valence-corrected chi connectivity index (χ4v) is 1.14. The average molecular weight is 165 g/mol. The Labute approximate surface area is 65.1 Å². The minimum Gasteiger partial charge on any atom is -0.370 e. The molecule has 0 saturated carbocycles. The second kappa shape index (κ2) is 3.03. The Morgan fingerprint density at radius 1 is 1.45 bits per heavy atom. The molecular formula is C7H13F2NO. The number of ether oxygens (including phenoxy) is 1. The third-order valence-corrected chi connectivity index (χ3v) is 1.91. The van der Waals surface area contributed by atoms with Gasteiger partial charge in [0.05, 0.1) is 0 Å². The Morgan fingerprint density at radius 3 is 2.45 bits per heavy atom. The van der Waals surface area contributed by atoms with E-state index in [2.05, 4.69) is 0 Å². The smallest absolute Gasteiger partial charge is 0.330 e. The van der Waals surface area contributed by atoms with E-state index in [1.54, 1.807) is 0 Å². The molecule has 0 N–H and O–H groups in total. The number of alkyl halides is 2. The lowest BCUT2D eigenvalue weighted by Crippen LogP contribution is -2.45. The van der Waals surface area contributed by atoms with Crippen molar-refractivity contribution in [3.8, 4) is 0 Å². The van der Waals surface area contributed by atoms with Crippen molar-refractivity contribution >= 4 is 0 Å². The third kappa shape index (κ3) is 1.68. The molecule has 0 amide bonds. The Hall–Kier alpha value is -0.220. The highest BCUT2D eigenvalue weighted by Gasteiger charge is 2.44. The molecule has 1 heterocycles. The predicted molar refractivity (Wildman–Crippen MR) is 37.6 cm³/mol. The molecular weight excluding hydrogens is 152 g/mol. The van der Waals surface area contributed by atoms with Crippen LogP contribution < -0.4 is 0 Å². The SMILES string of the molecule is CN(C)C(F)(F)C1CCCO1. The number of likely N-dealkylation sites (N-methyl/N-ethyl adjacent to an activating group) is 1. The molecule has 0 radical (unpaired) electrons. The van der Waals surface area contributed by atoms with E-state index in [-0.39, 0.29) is 0 Å². The molecule has 0 aromatic carbocycles. The molecule has 0 spiro atoms. The molecule has 0 bridgehead atoms. The fourth-order valence-electron chi connectivity index (χ4n) is 1.14. The summed E-state index contributed by atoms with van der Waals surface area (Å²) in [6.45, 7) is 0.466. The van der Waals surface area contributed by atoms with Gasteiger partial charge in [0.2, 0.25) is 0 Å². The van der Waals surface area contributed by atoms with Crippen molar-refractivity contribution in [2.45, 2.75) is 25.0 Å². The summed E-state index contributed by atoms with van der Waals surface area (Å²) < 4.78 is 31.0. The van der Waals surface area contributed by atoms with Crippen LogP contribution in [0.3, 0.4) is 0 Å². The van der Waals surface area contributed by atoms with E-state index < -0.39 is 12.2 Å². The maximum atomic E-state index is 13.1. The van der Waals surface area contributed by atoms with Crippen LogP contribution in [0, 0.1) is 0 Å². The van der Waals surface area contributed by atoms with Crippen LogP contribution in [0.5, 0.6) is 0 Å². The minimum absolute atomic E-state index is 0.463. The second-order valence-corrected chi connectivity index (χ2v) is 2.98. The van der Waals surface area contributed by atoms with Crippen molar-refractivity contribution < 1.29 is 13.5 Å². The van der Waals surface area contributed by atoms with E-state index in [0.29, 0.717) is 13.0 Å². The van der Waals surface area contributed by atoms with Gasteiger partial charge in [0.25, 0.3) is 0 Å². The molecule has 1 unspecified atom stereocenters. The van der Waals surface area contributed by atoms with Gasteiger partial charge in [0, 0.05) is 6.61 Å². The summed E-state index contributed by atoms with van der Waals surface area (Å²) in [7, 11) is 2.73. The molecule has 1 fully saturated rings. The lowest BCUT2D eigenvalue weighted by Gasteiger charge is -2.28. The van der Waals surface area contributed by atoms with Gasteiger partial charge in [0.1, 0.15) is 6.10 Å². The average Bonchev–Trinajstić information content (AvgIpc) is 2.37. The fraction of sp³-hybridized carbons (Fsp3) is 1.00. The van der Waals surface area contributed by atoms with Gasteiger partial charge in [-0.3, -0.25) is 0 Å². The first-order chi connectivity index (χ1) is 5.05. The summed E-state index contributed by atoms with van der Waals surface area (Å²) in [5, 5.41) is 0. The number of nitrogens with zero attached hydrogens (tertiary/aromatic N) is 1. The van der Waals surface area contributed by atoms with Crippen LogP contribution in [-0.2, 0) is 4.74 Å². The summed E-state index contributed by atoms with van der Waals surface area (Å²) in [6.07, 6.45) is 0.303. The van der Waals surface area contributed by atoms with E-state index >= 15 is 0 Å². The zero-order valence-electron chi connectivity index (χ0n) is 6.81. The molecule has 0 aliphatic carbocycles. The molecule has 66 valence electrons. The minimum atomic E-state index is -2.81. The van der Waals surface area contributed by atoms with Gasteiger partial charge in [-0.25, -0.2) is 4.90 Å². The first-order valence-electron chi connectivity index (χ1n) is 3.72. The van der Waals surface area contributed by atoms with Gasteiger partial charge in [-0.05, 0) is 26.9 Å². The van der Waals surface area contributed by atoms with Crippen molar-refractivity contribution in [1.29, 1.82) is 0 Å². The number of halogens is 2. The first-order valence-corrected chi connectivity index (χ1v) is 3.72. The first kappa shape index (κ1) is 8.87. The molecule has 2 nitrogen and oxygen atoms in total. The van der Waals surface area contributed by atoms with Gasteiger partial charge in [-0.1, -0.05) is 0 Å². The largest absolute Gasteiger partial charge is 0.370 e. The van der Waals surface area contributed by atoms with E-state index in [1.165, 1.54) is 14.1 Å². The van der Waals surface area contributed by atoms with Crippen molar-refractivity contribution in [1.82, 2.24) is 4.90 Å². The molecule has 1 aliphatic heterocycles. The van der Waals surface area contributed by atoms with Crippen LogP contribution in [-0.4, -0.2) is 37.8 Å². The molecule has 0 aromatic rings. The standard InChI is InChI=1S/C7H13F2NO/c1-10(2)7(8,9)6-4-3-5-11-6/h6H,3-5H2,1-2H3. The van der Waals surface area contributed by atoms with E-state index in [9.17, 15) is 8.78 Å². The number of rotatable bonds is 2. The van der Waals surface area contributed by atoms with E-state index in [4.69, 9.17) is 4.74 Å². The van der Waals surface area contributed by atoms with Crippen LogP contribution in [0.2, 0.25) is 0 Å². The van der Waals surface area contributed by atoms with Crippen LogP contribution in [0.4, 0.5) is 8.78 Å². The normalized spacial score (nSPS) is 26.5. The summed E-state index contributed by atoms with van der Waals surface area (Å²) in [6, 6.07) is -2.81. The van der Waals surface area contributed by atoms with Gasteiger partial charge >= 0.3 is 6.05 Å². The van der Waals surface area contributed by atoms with Crippen molar-refractivity contribution in [3.63, 3.8) is 0 Å². The van der Waals surface area contributed by atoms with Crippen LogP contribution in [0.25, 0.3) is 0 Å². The molecule has 1 aliphatic rings. The molecule has 1 rings (SSSR count). The Balaban J connectivity index is 2.55. The molecule has 4 heteroatoms. The zero-order valence-corrected chi connectivity index (χ0v) is 6.81. The topological polar surface area (TPSA) is 12.5 Å². The van der Waals surface area contributed by atoms with Gasteiger partial charge < -0.3 is 4.74 Å². The summed E-state index contributed by atoms with van der Waals surface area (Å²) in [5.74, 6) is 0. The quantitative estimate of drug-likeness (QED) is 0.572. The molecule has 0 aromatic heterocycles. The van der Waals surface area contributed by atoms with Gasteiger partial charge in [-0.15, -0.1) is 0 Å². The van der Waals surface area contributed by atoms with Crippen LogP contribution >= 0.6 is 0 Å². The van der Waals surface area contributed by atoms with Crippen LogP contribution in [0.1, 0.15) is 12.8 Å². The highest BCUT2D eigenvalue weighted by Crippen LogP contribution is 2.30. The van der Waals surface area contributed by atoms with Crippen molar-refractivity contribution in [3.05, 3.63) is 0 Å². The van der Waals surface area contributed by atoms with E-state index in [0.717, 1.165) is 11.3 Å². The van der Waals surface area contributed by atoms with E-state index in [1.807, 2.05) is 0 Å². The lowest BCUT2D eigenvalue weighted by atomic mass is 10.2. The van der Waals surface area contributed by atoms with Crippen molar-refractivity contribution in [2.24, 2.45) is 0 Å². The molecule has 11 heavy (non-hydrogen) atoms. The third-order valence-electron chi connectivity index (χ3n) is 1.91. The zero-order chi connectivity index (χ0) is 8.48. The van der Waals surface area contributed by atoms with Crippen molar-refractivity contribution in [2.75, 3.05) is 20.7 Å². The lowest BCUT2D eigenvalue weighted by molar-refractivity contribution is -0.198.